The van der Waals surface area contributed by atoms with E-state index in [2.05, 4.69) is 17.0 Å². The summed E-state index contributed by atoms with van der Waals surface area (Å²) in [6.07, 6.45) is 4.24. The molecule has 0 aliphatic carbocycles. The molecule has 0 radical (unpaired) electrons. The van der Waals surface area contributed by atoms with E-state index in [1.54, 1.807) is 17.5 Å². The monoisotopic (exact) mass is 377 g/mol. The molecule has 0 aliphatic heterocycles. The average molecular weight is 379 g/mol. The van der Waals surface area contributed by atoms with Gasteiger partial charge in [-0.25, -0.2) is 4.98 Å². The van der Waals surface area contributed by atoms with E-state index in [0.717, 1.165) is 22.7 Å². The maximum absolute atomic E-state index is 6.16. The number of thiazole rings is 1. The first kappa shape index (κ1) is 15.3. The lowest BCUT2D eigenvalue weighted by Gasteiger charge is -2.09. The summed E-state index contributed by atoms with van der Waals surface area (Å²) in [5, 5.41) is 7.89. The third kappa shape index (κ3) is 3.43. The maximum Gasteiger partial charge on any atom is 0.104 e. The van der Waals surface area contributed by atoms with Crippen molar-refractivity contribution in [2.45, 2.75) is 19.4 Å². The summed E-state index contributed by atoms with van der Waals surface area (Å²) in [6.45, 7) is 2.08. The second-order valence-electron chi connectivity index (χ2n) is 4.56. The topological polar surface area (TPSA) is 30.7 Å². The Labute approximate surface area is 145 Å². The molecule has 0 saturated heterocycles. The van der Waals surface area contributed by atoms with Crippen LogP contribution in [-0.2, 0) is 6.42 Å². The van der Waals surface area contributed by atoms with Gasteiger partial charge in [0, 0.05) is 23.6 Å². The van der Waals surface area contributed by atoms with Crippen molar-refractivity contribution in [3.8, 4) is 11.3 Å². The van der Waals surface area contributed by atoms with Gasteiger partial charge >= 0.3 is 0 Å². The van der Waals surface area contributed by atoms with Gasteiger partial charge in [0.15, 0.2) is 0 Å². The van der Waals surface area contributed by atoms with Crippen LogP contribution in [0.15, 0.2) is 23.8 Å². The van der Waals surface area contributed by atoms with Crippen molar-refractivity contribution in [2.24, 2.45) is 0 Å². The highest BCUT2D eigenvalue weighted by atomic mass is 35.5. The van der Waals surface area contributed by atoms with E-state index >= 15 is 0 Å². The lowest BCUT2D eigenvalue weighted by atomic mass is 10.2. The van der Waals surface area contributed by atoms with E-state index < -0.39 is 0 Å². The van der Waals surface area contributed by atoms with E-state index in [1.807, 2.05) is 22.3 Å². The van der Waals surface area contributed by atoms with Gasteiger partial charge < -0.3 is 0 Å². The summed E-state index contributed by atoms with van der Waals surface area (Å²) in [5.41, 5.74) is 1.76. The number of rotatable bonds is 4. The predicted molar refractivity (Wildman–Crippen MR) is 91.1 cm³/mol. The highest BCUT2D eigenvalue weighted by Crippen LogP contribution is 2.38. The molecule has 8 heteroatoms. The van der Waals surface area contributed by atoms with Gasteiger partial charge in [0.25, 0.3) is 0 Å². The van der Waals surface area contributed by atoms with Gasteiger partial charge in [0.1, 0.15) is 4.34 Å². The van der Waals surface area contributed by atoms with Gasteiger partial charge in [0.2, 0.25) is 0 Å². The molecule has 0 aliphatic rings. The molecule has 0 aromatic carbocycles. The molecule has 110 valence electrons. The van der Waals surface area contributed by atoms with Gasteiger partial charge in [-0.1, -0.05) is 34.8 Å². The molecule has 3 heterocycles. The van der Waals surface area contributed by atoms with Gasteiger partial charge in [-0.05, 0) is 13.0 Å². The van der Waals surface area contributed by atoms with E-state index in [-0.39, 0.29) is 6.04 Å². The summed E-state index contributed by atoms with van der Waals surface area (Å²) >= 11 is 21.0. The van der Waals surface area contributed by atoms with Crippen LogP contribution in [0.4, 0.5) is 0 Å². The van der Waals surface area contributed by atoms with E-state index in [9.17, 15) is 0 Å². The molecule has 0 amide bonds. The number of halogens is 3. The molecule has 3 rings (SSSR count). The Morgan fingerprint density at radius 1 is 1.33 bits per heavy atom. The normalized spacial score (nSPS) is 12.8. The SMILES string of the molecule is C[C@@H](Cc1nc(-c2cc(Cl)sc2Cl)cs1)n1cc(Cl)cn1. The molecule has 0 spiro atoms. The van der Waals surface area contributed by atoms with Crippen LogP contribution in [0.3, 0.4) is 0 Å². The standard InChI is InChI=1S/C13H10Cl3N3S2/c1-7(19-5-8(14)4-17-19)2-12-18-10(6-20-12)9-3-11(15)21-13(9)16/h3-7H,2H2,1H3/t7-/m0/s1. The van der Waals surface area contributed by atoms with E-state index in [1.165, 1.54) is 11.3 Å². The quantitative estimate of drug-likeness (QED) is 0.571. The minimum Gasteiger partial charge on any atom is -0.268 e. The van der Waals surface area contributed by atoms with Crippen molar-refractivity contribution < 1.29 is 0 Å². The molecular formula is C13H10Cl3N3S2. The van der Waals surface area contributed by atoms with Crippen molar-refractivity contribution in [3.63, 3.8) is 0 Å². The number of hydrogen-bond acceptors (Lipinski definition) is 4. The second-order valence-corrected chi connectivity index (χ2v) is 8.22. The largest absolute Gasteiger partial charge is 0.268 e. The number of thiophene rings is 1. The Kier molecular flexibility index (Phi) is 4.57. The van der Waals surface area contributed by atoms with Gasteiger partial charge in [-0.2, -0.15) is 5.10 Å². The van der Waals surface area contributed by atoms with Gasteiger partial charge in [-0.3, -0.25) is 4.68 Å². The Balaban J connectivity index is 1.77. The number of hydrogen-bond donors (Lipinski definition) is 0. The molecule has 0 fully saturated rings. The molecule has 3 aromatic rings. The van der Waals surface area contributed by atoms with Crippen molar-refractivity contribution in [1.29, 1.82) is 0 Å². The highest BCUT2D eigenvalue weighted by molar-refractivity contribution is 7.20. The summed E-state index contributed by atoms with van der Waals surface area (Å²) in [4.78, 5) is 4.63. The van der Waals surface area contributed by atoms with Crippen LogP contribution < -0.4 is 0 Å². The predicted octanol–water partition coefficient (Wildman–Crippen LogP) is 5.83. The second kappa shape index (κ2) is 6.26. The fourth-order valence-corrected chi connectivity index (χ4v) is 4.49. The minimum absolute atomic E-state index is 0.193. The fourth-order valence-electron chi connectivity index (χ4n) is 1.95. The van der Waals surface area contributed by atoms with Crippen LogP contribution in [0.1, 0.15) is 18.0 Å². The molecule has 0 saturated carbocycles. The first-order chi connectivity index (χ1) is 10.0. The van der Waals surface area contributed by atoms with Crippen molar-refractivity contribution in [2.75, 3.05) is 0 Å². The van der Waals surface area contributed by atoms with E-state index in [4.69, 9.17) is 34.8 Å². The lowest BCUT2D eigenvalue weighted by Crippen LogP contribution is -2.08. The first-order valence-corrected chi connectivity index (χ1v) is 8.95. The third-order valence-corrected chi connectivity index (χ3v) is 5.53. The Morgan fingerprint density at radius 3 is 2.76 bits per heavy atom. The van der Waals surface area contributed by atoms with Crippen molar-refractivity contribution in [1.82, 2.24) is 14.8 Å². The fraction of sp³-hybridized carbons (Fsp3) is 0.231. The van der Waals surface area contributed by atoms with Crippen LogP contribution in [-0.4, -0.2) is 14.8 Å². The molecule has 0 unspecified atom stereocenters. The molecule has 0 bridgehead atoms. The Hall–Kier alpha value is -0.590. The van der Waals surface area contributed by atoms with Crippen LogP contribution in [0.25, 0.3) is 11.3 Å². The summed E-state index contributed by atoms with van der Waals surface area (Å²) < 4.78 is 3.19. The molecule has 3 nitrogen and oxygen atoms in total. The zero-order valence-corrected chi connectivity index (χ0v) is 14.8. The summed E-state index contributed by atoms with van der Waals surface area (Å²) in [7, 11) is 0. The Morgan fingerprint density at radius 2 is 2.14 bits per heavy atom. The lowest BCUT2D eigenvalue weighted by molar-refractivity contribution is 0.488. The smallest absolute Gasteiger partial charge is 0.104 e. The molecular weight excluding hydrogens is 369 g/mol. The molecule has 21 heavy (non-hydrogen) atoms. The summed E-state index contributed by atoms with van der Waals surface area (Å²) in [5.74, 6) is 0. The minimum atomic E-state index is 0.193. The van der Waals surface area contributed by atoms with E-state index in [0.29, 0.717) is 13.7 Å². The average Bonchev–Trinajstić information content (AvgIpc) is 3.10. The third-order valence-electron chi connectivity index (χ3n) is 2.98. The molecule has 1 atom stereocenters. The first-order valence-electron chi connectivity index (χ1n) is 6.12. The van der Waals surface area contributed by atoms with Crippen LogP contribution in [0, 0.1) is 0 Å². The van der Waals surface area contributed by atoms with Gasteiger partial charge in [-0.15, -0.1) is 22.7 Å². The number of nitrogens with zero attached hydrogens (tertiary/aromatic N) is 3. The number of aromatic nitrogens is 3. The maximum atomic E-state index is 6.16. The van der Waals surface area contributed by atoms with Crippen LogP contribution in [0.5, 0.6) is 0 Å². The molecule has 3 aromatic heterocycles. The van der Waals surface area contributed by atoms with Crippen LogP contribution in [0.2, 0.25) is 13.7 Å². The zero-order chi connectivity index (χ0) is 15.0. The molecule has 0 N–H and O–H groups in total. The van der Waals surface area contributed by atoms with Gasteiger partial charge in [0.05, 0.1) is 32.3 Å². The zero-order valence-electron chi connectivity index (χ0n) is 10.9. The van der Waals surface area contributed by atoms with Crippen molar-refractivity contribution in [3.05, 3.63) is 42.5 Å². The summed E-state index contributed by atoms with van der Waals surface area (Å²) in [6, 6.07) is 2.04. The van der Waals surface area contributed by atoms with Crippen molar-refractivity contribution >= 4 is 57.5 Å². The van der Waals surface area contributed by atoms with Crippen LogP contribution >= 0.6 is 57.5 Å². The highest BCUT2D eigenvalue weighted by Gasteiger charge is 2.14. The Bertz CT molecular complexity index is 762.